The first-order valence-electron chi connectivity index (χ1n) is 8.87. The first kappa shape index (κ1) is 18.6. The molecule has 1 aliphatic rings. The van der Waals surface area contributed by atoms with Gasteiger partial charge in [0.05, 0.1) is 7.11 Å². The van der Waals surface area contributed by atoms with Crippen LogP contribution in [0.5, 0.6) is 5.75 Å². The normalized spacial score (nSPS) is 14.0. The van der Waals surface area contributed by atoms with E-state index in [1.54, 1.807) is 18.1 Å². The van der Waals surface area contributed by atoms with E-state index in [1.807, 2.05) is 29.2 Å². The number of rotatable bonds is 7. The zero-order valence-electron chi connectivity index (χ0n) is 15.3. The molecule has 0 spiro atoms. The van der Waals surface area contributed by atoms with Crippen LogP contribution in [-0.4, -0.2) is 67.0 Å². The van der Waals surface area contributed by atoms with Crippen molar-refractivity contribution in [3.63, 3.8) is 0 Å². The molecule has 2 aromatic rings. The minimum absolute atomic E-state index is 0.236. The summed E-state index contributed by atoms with van der Waals surface area (Å²) in [4.78, 5) is 35.3. The summed E-state index contributed by atoms with van der Waals surface area (Å²) in [6.07, 6.45) is 2.93. The van der Waals surface area contributed by atoms with Crippen molar-refractivity contribution in [3.05, 3.63) is 47.9 Å². The molecule has 2 heterocycles. The van der Waals surface area contributed by atoms with E-state index in [1.165, 1.54) is 6.33 Å². The number of aromatic nitrogens is 2. The third-order valence-corrected chi connectivity index (χ3v) is 4.55. The summed E-state index contributed by atoms with van der Waals surface area (Å²) in [5.74, 6) is 1.27. The van der Waals surface area contributed by atoms with Crippen LogP contribution in [0.3, 0.4) is 0 Å². The molecule has 0 radical (unpaired) electrons. The predicted octanol–water partition coefficient (Wildman–Crippen LogP) is 0.736. The first-order valence-corrected chi connectivity index (χ1v) is 8.87. The van der Waals surface area contributed by atoms with Gasteiger partial charge in [-0.15, -0.1) is 0 Å². The fourth-order valence-corrected chi connectivity index (χ4v) is 3.01. The first-order chi connectivity index (χ1) is 13.2. The molecule has 8 heteroatoms. The number of benzene rings is 1. The number of hydrogen-bond acceptors (Lipinski definition) is 6. The number of para-hydroxylation sites is 1. The highest BCUT2D eigenvalue weighted by Crippen LogP contribution is 2.17. The molecule has 27 heavy (non-hydrogen) atoms. The van der Waals surface area contributed by atoms with Crippen molar-refractivity contribution in [3.8, 4) is 5.75 Å². The lowest BCUT2D eigenvalue weighted by atomic mass is 10.1. The SMILES string of the molecule is COc1ccccc1CCNC(=O)c1cc(N2CCN(C=O)CC2)ncn1. The van der Waals surface area contributed by atoms with Crippen LogP contribution in [-0.2, 0) is 11.2 Å². The van der Waals surface area contributed by atoms with E-state index in [4.69, 9.17) is 4.74 Å². The van der Waals surface area contributed by atoms with Gasteiger partial charge in [-0.2, -0.15) is 0 Å². The summed E-state index contributed by atoms with van der Waals surface area (Å²) in [5.41, 5.74) is 1.37. The molecule has 1 aliphatic heterocycles. The van der Waals surface area contributed by atoms with E-state index < -0.39 is 0 Å². The maximum absolute atomic E-state index is 12.4. The zero-order valence-corrected chi connectivity index (χ0v) is 15.3. The second-order valence-electron chi connectivity index (χ2n) is 6.21. The summed E-state index contributed by atoms with van der Waals surface area (Å²) in [6.45, 7) is 3.15. The van der Waals surface area contributed by atoms with Crippen LogP contribution in [0, 0.1) is 0 Å². The van der Waals surface area contributed by atoms with Gasteiger partial charge in [-0.3, -0.25) is 9.59 Å². The Kier molecular flexibility index (Phi) is 6.19. The molecule has 3 rings (SSSR count). The van der Waals surface area contributed by atoms with Crippen LogP contribution in [0.4, 0.5) is 5.82 Å². The lowest BCUT2D eigenvalue weighted by Crippen LogP contribution is -2.46. The van der Waals surface area contributed by atoms with Crippen molar-refractivity contribution in [2.75, 3.05) is 44.7 Å². The Morgan fingerprint density at radius 3 is 2.74 bits per heavy atom. The second kappa shape index (κ2) is 8.98. The minimum Gasteiger partial charge on any atom is -0.496 e. The third-order valence-electron chi connectivity index (χ3n) is 4.55. The minimum atomic E-state index is -0.236. The maximum atomic E-state index is 12.4. The smallest absolute Gasteiger partial charge is 0.270 e. The molecule has 0 atom stereocenters. The zero-order chi connectivity index (χ0) is 19.1. The van der Waals surface area contributed by atoms with Crippen molar-refractivity contribution in [1.29, 1.82) is 0 Å². The average Bonchev–Trinajstić information content (AvgIpc) is 2.74. The van der Waals surface area contributed by atoms with Crippen LogP contribution in [0.1, 0.15) is 16.1 Å². The van der Waals surface area contributed by atoms with Gasteiger partial charge in [0.25, 0.3) is 5.91 Å². The number of nitrogens with one attached hydrogen (secondary N) is 1. The quantitative estimate of drug-likeness (QED) is 0.724. The standard InChI is InChI=1S/C19H23N5O3/c1-27-17-5-3-2-4-15(17)6-7-20-19(26)16-12-18(22-13-21-16)24-10-8-23(14-25)9-11-24/h2-5,12-14H,6-11H2,1H3,(H,20,26). The van der Waals surface area contributed by atoms with Crippen LogP contribution >= 0.6 is 0 Å². The number of anilines is 1. The number of amides is 2. The predicted molar refractivity (Wildman–Crippen MR) is 101 cm³/mol. The Hall–Kier alpha value is -3.16. The van der Waals surface area contributed by atoms with Gasteiger partial charge >= 0.3 is 0 Å². The van der Waals surface area contributed by atoms with Gasteiger partial charge < -0.3 is 19.9 Å². The Bertz CT molecular complexity index is 790. The molecule has 1 aromatic carbocycles. The van der Waals surface area contributed by atoms with Crippen molar-refractivity contribution in [2.24, 2.45) is 0 Å². The number of piperazine rings is 1. The molecular formula is C19H23N5O3. The van der Waals surface area contributed by atoms with E-state index in [-0.39, 0.29) is 5.91 Å². The van der Waals surface area contributed by atoms with Gasteiger partial charge in [0.1, 0.15) is 23.6 Å². The lowest BCUT2D eigenvalue weighted by molar-refractivity contribution is -0.118. The molecule has 1 saturated heterocycles. The third kappa shape index (κ3) is 4.72. The summed E-state index contributed by atoms with van der Waals surface area (Å²) in [7, 11) is 1.63. The topological polar surface area (TPSA) is 87.7 Å². The Balaban J connectivity index is 1.56. The molecule has 0 bridgehead atoms. The summed E-state index contributed by atoms with van der Waals surface area (Å²) < 4.78 is 5.32. The Morgan fingerprint density at radius 2 is 2.00 bits per heavy atom. The van der Waals surface area contributed by atoms with Crippen LogP contribution in [0.2, 0.25) is 0 Å². The highest BCUT2D eigenvalue weighted by Gasteiger charge is 2.18. The molecule has 2 amide bonds. The van der Waals surface area contributed by atoms with E-state index in [0.717, 1.165) is 17.7 Å². The molecule has 0 unspecified atom stereocenters. The number of nitrogens with zero attached hydrogens (tertiary/aromatic N) is 4. The number of hydrogen-bond donors (Lipinski definition) is 1. The van der Waals surface area contributed by atoms with E-state index >= 15 is 0 Å². The van der Waals surface area contributed by atoms with E-state index in [0.29, 0.717) is 50.7 Å². The van der Waals surface area contributed by atoms with Crippen LogP contribution in [0.25, 0.3) is 0 Å². The molecule has 142 valence electrons. The molecule has 1 N–H and O–H groups in total. The lowest BCUT2D eigenvalue weighted by Gasteiger charge is -2.33. The van der Waals surface area contributed by atoms with Crippen molar-refractivity contribution in [1.82, 2.24) is 20.2 Å². The van der Waals surface area contributed by atoms with Crippen LogP contribution < -0.4 is 15.0 Å². The van der Waals surface area contributed by atoms with Crippen LogP contribution in [0.15, 0.2) is 36.7 Å². The summed E-state index contributed by atoms with van der Waals surface area (Å²) in [5, 5.41) is 2.89. The number of methoxy groups -OCH3 is 1. The number of carbonyl (C=O) groups excluding carboxylic acids is 2. The monoisotopic (exact) mass is 369 g/mol. The van der Waals surface area contributed by atoms with Gasteiger partial charge in [0.15, 0.2) is 0 Å². The van der Waals surface area contributed by atoms with E-state index in [2.05, 4.69) is 15.3 Å². The molecule has 8 nitrogen and oxygen atoms in total. The Morgan fingerprint density at radius 1 is 1.22 bits per heavy atom. The largest absolute Gasteiger partial charge is 0.496 e. The molecular weight excluding hydrogens is 346 g/mol. The number of ether oxygens (including phenoxy) is 1. The number of carbonyl (C=O) groups is 2. The fraction of sp³-hybridized carbons (Fsp3) is 0.368. The van der Waals surface area contributed by atoms with Crippen molar-refractivity contribution in [2.45, 2.75) is 6.42 Å². The van der Waals surface area contributed by atoms with Crippen molar-refractivity contribution < 1.29 is 14.3 Å². The van der Waals surface area contributed by atoms with E-state index in [9.17, 15) is 9.59 Å². The maximum Gasteiger partial charge on any atom is 0.270 e. The van der Waals surface area contributed by atoms with Gasteiger partial charge in [-0.05, 0) is 18.1 Å². The Labute approximate surface area is 158 Å². The van der Waals surface area contributed by atoms with Gasteiger partial charge in [0, 0.05) is 38.8 Å². The average molecular weight is 369 g/mol. The summed E-state index contributed by atoms with van der Waals surface area (Å²) in [6, 6.07) is 9.43. The molecule has 1 fully saturated rings. The highest BCUT2D eigenvalue weighted by molar-refractivity contribution is 5.92. The van der Waals surface area contributed by atoms with Crippen molar-refractivity contribution >= 4 is 18.1 Å². The summed E-state index contributed by atoms with van der Waals surface area (Å²) >= 11 is 0. The molecule has 0 saturated carbocycles. The second-order valence-corrected chi connectivity index (χ2v) is 6.21. The fourth-order valence-electron chi connectivity index (χ4n) is 3.01. The highest BCUT2D eigenvalue weighted by atomic mass is 16.5. The molecule has 1 aromatic heterocycles. The molecule has 0 aliphatic carbocycles. The van der Waals surface area contributed by atoms with Gasteiger partial charge in [0.2, 0.25) is 6.41 Å². The van der Waals surface area contributed by atoms with Gasteiger partial charge in [-0.1, -0.05) is 18.2 Å². The van der Waals surface area contributed by atoms with Gasteiger partial charge in [-0.25, -0.2) is 9.97 Å².